The SMILES string of the molecule is COc1ccc2ccccc2c1CCC(=O)NCc1cccnc1-c1cnn(C)c1. The van der Waals surface area contributed by atoms with Crippen molar-refractivity contribution in [1.29, 1.82) is 0 Å². The number of aromatic nitrogens is 3. The minimum Gasteiger partial charge on any atom is -0.496 e. The van der Waals surface area contributed by atoms with Gasteiger partial charge < -0.3 is 10.1 Å². The van der Waals surface area contributed by atoms with Gasteiger partial charge in [-0.25, -0.2) is 0 Å². The number of pyridine rings is 1. The third-order valence-corrected chi connectivity index (χ3v) is 5.17. The maximum Gasteiger partial charge on any atom is 0.220 e. The number of nitrogens with one attached hydrogen (secondary N) is 1. The van der Waals surface area contributed by atoms with Crippen LogP contribution < -0.4 is 10.1 Å². The van der Waals surface area contributed by atoms with Crippen molar-refractivity contribution in [3.8, 4) is 17.0 Å². The maximum absolute atomic E-state index is 12.6. The van der Waals surface area contributed by atoms with E-state index >= 15 is 0 Å². The number of hydrogen-bond acceptors (Lipinski definition) is 4. The van der Waals surface area contributed by atoms with Crippen LogP contribution in [0.2, 0.25) is 0 Å². The van der Waals surface area contributed by atoms with Gasteiger partial charge in [-0.3, -0.25) is 14.5 Å². The number of fused-ring (bicyclic) bond motifs is 1. The van der Waals surface area contributed by atoms with Gasteiger partial charge in [-0.15, -0.1) is 0 Å². The van der Waals surface area contributed by atoms with Crippen molar-refractivity contribution in [1.82, 2.24) is 20.1 Å². The monoisotopic (exact) mass is 400 g/mol. The minimum absolute atomic E-state index is 0.00835. The fourth-order valence-electron chi connectivity index (χ4n) is 3.67. The van der Waals surface area contributed by atoms with E-state index in [1.807, 2.05) is 49.6 Å². The number of hydrogen-bond donors (Lipinski definition) is 1. The first kappa shape index (κ1) is 19.6. The molecule has 6 nitrogen and oxygen atoms in total. The molecule has 0 saturated heterocycles. The number of benzene rings is 2. The fraction of sp³-hybridized carbons (Fsp3) is 0.208. The van der Waals surface area contributed by atoms with Gasteiger partial charge in [0, 0.05) is 43.5 Å². The summed E-state index contributed by atoms with van der Waals surface area (Å²) in [5.74, 6) is 0.804. The number of aryl methyl sites for hydroxylation is 2. The van der Waals surface area contributed by atoms with Crippen molar-refractivity contribution < 1.29 is 9.53 Å². The number of carbonyl (C=O) groups is 1. The molecule has 152 valence electrons. The molecule has 2 aromatic carbocycles. The van der Waals surface area contributed by atoms with Gasteiger partial charge in [0.25, 0.3) is 0 Å². The van der Waals surface area contributed by atoms with Gasteiger partial charge in [-0.1, -0.05) is 36.4 Å². The normalized spacial score (nSPS) is 10.9. The van der Waals surface area contributed by atoms with E-state index in [2.05, 4.69) is 27.5 Å². The highest BCUT2D eigenvalue weighted by molar-refractivity contribution is 5.88. The van der Waals surface area contributed by atoms with Gasteiger partial charge in [0.2, 0.25) is 5.91 Å². The molecule has 0 aliphatic rings. The van der Waals surface area contributed by atoms with Crippen LogP contribution in [-0.2, 0) is 24.8 Å². The lowest BCUT2D eigenvalue weighted by atomic mass is 9.99. The molecule has 4 aromatic rings. The van der Waals surface area contributed by atoms with E-state index in [1.165, 1.54) is 0 Å². The maximum atomic E-state index is 12.6. The van der Waals surface area contributed by atoms with Crippen LogP contribution in [-0.4, -0.2) is 27.8 Å². The predicted molar refractivity (Wildman–Crippen MR) is 117 cm³/mol. The van der Waals surface area contributed by atoms with E-state index in [4.69, 9.17) is 4.74 Å². The van der Waals surface area contributed by atoms with E-state index in [-0.39, 0.29) is 5.91 Å². The van der Waals surface area contributed by atoms with Crippen LogP contribution in [0.1, 0.15) is 17.5 Å². The Morgan fingerprint density at radius 2 is 2.00 bits per heavy atom. The Hall–Kier alpha value is -3.67. The van der Waals surface area contributed by atoms with Gasteiger partial charge in [0.15, 0.2) is 0 Å². The molecule has 0 aliphatic carbocycles. The van der Waals surface area contributed by atoms with Crippen LogP contribution in [0, 0.1) is 0 Å². The molecule has 2 heterocycles. The molecule has 0 unspecified atom stereocenters. The molecule has 0 atom stereocenters. The lowest BCUT2D eigenvalue weighted by Gasteiger charge is -2.13. The first-order valence-electron chi connectivity index (χ1n) is 9.90. The number of ether oxygens (including phenoxy) is 1. The van der Waals surface area contributed by atoms with Crippen LogP contribution in [0.5, 0.6) is 5.75 Å². The van der Waals surface area contributed by atoms with E-state index in [0.29, 0.717) is 19.4 Å². The summed E-state index contributed by atoms with van der Waals surface area (Å²) in [4.78, 5) is 17.1. The van der Waals surface area contributed by atoms with Crippen molar-refractivity contribution in [2.45, 2.75) is 19.4 Å². The summed E-state index contributed by atoms with van der Waals surface area (Å²) in [5.41, 5.74) is 3.79. The van der Waals surface area contributed by atoms with Crippen molar-refractivity contribution >= 4 is 16.7 Å². The second kappa shape index (κ2) is 8.78. The molecule has 1 amide bonds. The summed E-state index contributed by atoms with van der Waals surface area (Å²) in [6.45, 7) is 0.420. The Morgan fingerprint density at radius 3 is 2.80 bits per heavy atom. The first-order chi connectivity index (χ1) is 14.7. The Bertz CT molecular complexity index is 1180. The topological polar surface area (TPSA) is 69.0 Å². The van der Waals surface area contributed by atoms with Gasteiger partial charge >= 0.3 is 0 Å². The second-order valence-electron chi connectivity index (χ2n) is 7.16. The second-order valence-corrected chi connectivity index (χ2v) is 7.16. The lowest BCUT2D eigenvalue weighted by Crippen LogP contribution is -2.23. The summed E-state index contributed by atoms with van der Waals surface area (Å²) >= 11 is 0. The molecule has 0 fully saturated rings. The summed E-state index contributed by atoms with van der Waals surface area (Å²) in [5, 5.41) is 9.50. The third kappa shape index (κ3) is 4.17. The number of nitrogens with zero attached hydrogens (tertiary/aromatic N) is 3. The quantitative estimate of drug-likeness (QED) is 0.511. The summed E-state index contributed by atoms with van der Waals surface area (Å²) in [6, 6.07) is 16.0. The Labute approximate surface area is 175 Å². The molecule has 0 radical (unpaired) electrons. The highest BCUT2D eigenvalue weighted by Gasteiger charge is 2.12. The van der Waals surface area contributed by atoms with Crippen molar-refractivity contribution in [3.05, 3.63) is 78.2 Å². The Morgan fingerprint density at radius 1 is 1.13 bits per heavy atom. The van der Waals surface area contributed by atoms with Crippen molar-refractivity contribution in [2.75, 3.05) is 7.11 Å². The zero-order chi connectivity index (χ0) is 20.9. The Balaban J connectivity index is 1.44. The van der Waals surface area contributed by atoms with Crippen LogP contribution in [0.25, 0.3) is 22.0 Å². The van der Waals surface area contributed by atoms with Crippen LogP contribution in [0.4, 0.5) is 0 Å². The number of carbonyl (C=O) groups excluding carboxylic acids is 1. The summed E-state index contributed by atoms with van der Waals surface area (Å²) < 4.78 is 7.27. The molecule has 30 heavy (non-hydrogen) atoms. The largest absolute Gasteiger partial charge is 0.496 e. The van der Waals surface area contributed by atoms with Crippen molar-refractivity contribution in [3.63, 3.8) is 0 Å². The van der Waals surface area contributed by atoms with E-state index in [9.17, 15) is 4.79 Å². The van der Waals surface area contributed by atoms with E-state index in [1.54, 1.807) is 24.2 Å². The highest BCUT2D eigenvalue weighted by Crippen LogP contribution is 2.29. The standard InChI is InChI=1S/C24H24N4O2/c1-28-16-19(15-27-28)24-18(7-5-13-25-24)14-26-23(29)12-10-21-20-8-4-3-6-17(20)9-11-22(21)30-2/h3-9,11,13,15-16H,10,12,14H2,1-2H3,(H,26,29). The minimum atomic E-state index is -0.00835. The number of amides is 1. The fourth-order valence-corrected chi connectivity index (χ4v) is 3.67. The first-order valence-corrected chi connectivity index (χ1v) is 9.90. The van der Waals surface area contributed by atoms with Gasteiger partial charge in [-0.05, 0) is 34.9 Å². The number of methoxy groups -OCH3 is 1. The van der Waals surface area contributed by atoms with Crippen LogP contribution in [0.15, 0.2) is 67.1 Å². The summed E-state index contributed by atoms with van der Waals surface area (Å²) in [6.07, 6.45) is 6.44. The molecule has 4 rings (SSSR count). The van der Waals surface area contributed by atoms with Gasteiger partial charge in [-0.2, -0.15) is 5.10 Å². The average Bonchev–Trinajstić information content (AvgIpc) is 3.22. The molecule has 0 spiro atoms. The predicted octanol–water partition coefficient (Wildman–Crippen LogP) is 3.89. The lowest BCUT2D eigenvalue weighted by molar-refractivity contribution is -0.121. The molecule has 2 aromatic heterocycles. The Kier molecular flexibility index (Phi) is 5.75. The third-order valence-electron chi connectivity index (χ3n) is 5.17. The van der Waals surface area contributed by atoms with Crippen LogP contribution >= 0.6 is 0 Å². The average molecular weight is 400 g/mol. The zero-order valence-corrected chi connectivity index (χ0v) is 17.1. The molecular formula is C24H24N4O2. The smallest absolute Gasteiger partial charge is 0.220 e. The van der Waals surface area contributed by atoms with E-state index in [0.717, 1.165) is 38.9 Å². The molecule has 1 N–H and O–H groups in total. The molecular weight excluding hydrogens is 376 g/mol. The van der Waals surface area contributed by atoms with Gasteiger partial charge in [0.05, 0.1) is 19.0 Å². The zero-order valence-electron chi connectivity index (χ0n) is 17.1. The molecule has 0 bridgehead atoms. The number of rotatable bonds is 7. The molecule has 0 saturated carbocycles. The van der Waals surface area contributed by atoms with E-state index < -0.39 is 0 Å². The highest BCUT2D eigenvalue weighted by atomic mass is 16.5. The van der Waals surface area contributed by atoms with Crippen LogP contribution in [0.3, 0.4) is 0 Å². The summed E-state index contributed by atoms with van der Waals surface area (Å²) in [7, 11) is 3.53. The van der Waals surface area contributed by atoms with Crippen molar-refractivity contribution in [2.24, 2.45) is 7.05 Å². The molecule has 0 aliphatic heterocycles. The van der Waals surface area contributed by atoms with Gasteiger partial charge in [0.1, 0.15) is 5.75 Å². The molecule has 6 heteroatoms.